The Morgan fingerprint density at radius 1 is 1.42 bits per heavy atom. The Kier molecular flexibility index (Phi) is 5.68. The number of hydrogen-bond acceptors (Lipinski definition) is 2. The molecule has 1 saturated carbocycles. The first-order valence-electron chi connectivity index (χ1n) is 8.38. The van der Waals surface area contributed by atoms with Crippen molar-refractivity contribution >= 4 is 5.91 Å². The predicted octanol–water partition coefficient (Wildman–Crippen LogP) is 2.94. The van der Waals surface area contributed by atoms with Crippen molar-refractivity contribution in [2.75, 3.05) is 0 Å². The molecule has 3 N–H and O–H groups in total. The van der Waals surface area contributed by atoms with Crippen LogP contribution in [0.1, 0.15) is 60.3 Å². The van der Waals surface area contributed by atoms with Gasteiger partial charge in [-0.25, -0.2) is 0 Å². The van der Waals surface area contributed by atoms with Gasteiger partial charge in [-0.1, -0.05) is 47.5 Å². The highest BCUT2D eigenvalue weighted by atomic mass is 16.2. The zero-order valence-electron chi connectivity index (χ0n) is 14.2. The van der Waals surface area contributed by atoms with E-state index in [0.717, 1.165) is 12.8 Å². The van der Waals surface area contributed by atoms with E-state index < -0.39 is 6.04 Å². The third kappa shape index (κ3) is 4.48. The Labute approximate surface area is 120 Å². The summed E-state index contributed by atoms with van der Waals surface area (Å²) >= 11 is 0. The fourth-order valence-corrected chi connectivity index (χ4v) is 3.13. The molecule has 3 nitrogen and oxygen atoms in total. The first-order chi connectivity index (χ1) is 9.40. The molecule has 0 aromatic carbocycles. The summed E-state index contributed by atoms with van der Waals surface area (Å²) < 4.78 is 7.40. The molecule has 5 atom stereocenters. The lowest BCUT2D eigenvalue weighted by Crippen LogP contribution is -2.52. The second kappa shape index (κ2) is 7.28. The van der Waals surface area contributed by atoms with Crippen LogP contribution in [0.5, 0.6) is 0 Å². The van der Waals surface area contributed by atoms with E-state index in [1.807, 2.05) is 6.92 Å². The molecule has 0 spiro atoms. The molecule has 1 fully saturated rings. The quantitative estimate of drug-likeness (QED) is 0.779. The van der Waals surface area contributed by atoms with E-state index in [-0.39, 0.29) is 17.9 Å². The van der Waals surface area contributed by atoms with Crippen molar-refractivity contribution in [1.29, 1.82) is 0 Å². The van der Waals surface area contributed by atoms with Crippen LogP contribution in [0.25, 0.3) is 0 Å². The van der Waals surface area contributed by atoms with E-state index in [4.69, 9.17) is 1.41 Å². The first-order valence-corrected chi connectivity index (χ1v) is 7.88. The maximum Gasteiger partial charge on any atom is 0.237 e. The molecule has 112 valence electrons. The lowest BCUT2D eigenvalue weighted by atomic mass is 9.74. The number of nitrogens with two attached hydrogens (primary N) is 1. The van der Waals surface area contributed by atoms with Crippen LogP contribution < -0.4 is 11.0 Å². The monoisotopic (exact) mass is 269 g/mol. The molecule has 0 heterocycles. The second-order valence-electron chi connectivity index (χ2n) is 6.80. The molecule has 0 radical (unpaired) electrons. The predicted molar refractivity (Wildman–Crippen MR) is 80.7 cm³/mol. The minimum atomic E-state index is -0.398. The molecule has 0 aromatic heterocycles. The van der Waals surface area contributed by atoms with Gasteiger partial charge in [0.1, 0.15) is 1.41 Å². The highest BCUT2D eigenvalue weighted by Gasteiger charge is 2.33. The minimum Gasteiger partial charge on any atom is -0.352 e. The highest BCUT2D eigenvalue weighted by molar-refractivity contribution is 5.82. The number of carbonyl (C=O) groups is 1. The molecule has 1 aliphatic carbocycles. The summed E-state index contributed by atoms with van der Waals surface area (Å²) in [5.74, 6) is 2.03. The van der Waals surface area contributed by atoms with Crippen molar-refractivity contribution in [2.24, 2.45) is 29.4 Å². The maximum atomic E-state index is 12.4. The standard InChI is InChI=1S/C16H32N2O/c1-6-12(5)15(17)16(19)18-14-9-11(4)7-8-13(14)10(2)3/h10-15H,6-9,17H2,1-5H3,(H,18,19)/t11?,12-,13?,14?,15-/m0/s1/i/hD. The molecule has 0 aliphatic heterocycles. The van der Waals surface area contributed by atoms with Gasteiger partial charge in [-0.2, -0.15) is 0 Å². The fraction of sp³-hybridized carbons (Fsp3) is 0.938. The number of carbonyl (C=O) groups excluding carboxylic acids is 1. The zero-order chi connectivity index (χ0) is 15.3. The molecule has 1 aliphatic rings. The normalized spacial score (nSPS) is 31.7. The smallest absolute Gasteiger partial charge is 0.237 e. The van der Waals surface area contributed by atoms with Gasteiger partial charge >= 0.3 is 0 Å². The van der Waals surface area contributed by atoms with E-state index >= 15 is 0 Å². The van der Waals surface area contributed by atoms with Crippen LogP contribution in [0, 0.1) is 23.7 Å². The average molecular weight is 269 g/mol. The molecular formula is C16H32N2O. The van der Waals surface area contributed by atoms with Gasteiger partial charge < -0.3 is 11.0 Å². The third-order valence-corrected chi connectivity index (χ3v) is 4.85. The van der Waals surface area contributed by atoms with Crippen molar-refractivity contribution in [3.63, 3.8) is 0 Å². The van der Waals surface area contributed by atoms with Crippen LogP contribution in [0.2, 0.25) is 1.41 Å². The van der Waals surface area contributed by atoms with Crippen LogP contribution in [0.3, 0.4) is 0 Å². The fourth-order valence-electron chi connectivity index (χ4n) is 3.13. The minimum absolute atomic E-state index is 0.000833. The summed E-state index contributed by atoms with van der Waals surface area (Å²) in [6, 6.07) is -0.129. The number of hydrogen-bond donors (Lipinski definition) is 2. The Balaban J connectivity index is 2.69. The van der Waals surface area contributed by atoms with Crippen LogP contribution in [0.15, 0.2) is 0 Å². The second-order valence-corrected chi connectivity index (χ2v) is 6.80. The summed E-state index contributed by atoms with van der Waals surface area (Å²) in [5.41, 5.74) is 2.44. The largest absolute Gasteiger partial charge is 0.352 e. The van der Waals surface area contributed by atoms with E-state index in [0.29, 0.717) is 17.8 Å². The van der Waals surface area contributed by atoms with Gasteiger partial charge in [0.2, 0.25) is 5.91 Å². The molecule has 1 amide bonds. The van der Waals surface area contributed by atoms with E-state index in [2.05, 4.69) is 38.7 Å². The van der Waals surface area contributed by atoms with Crippen LogP contribution >= 0.6 is 0 Å². The summed E-state index contributed by atoms with van der Waals surface area (Å²) in [6.07, 6.45) is 4.44. The average Bonchev–Trinajstić information content (AvgIpc) is 2.38. The molecule has 19 heavy (non-hydrogen) atoms. The molecular weight excluding hydrogens is 236 g/mol. The summed E-state index contributed by atoms with van der Waals surface area (Å²) in [6.45, 7) is 10.8. The van der Waals surface area contributed by atoms with Gasteiger partial charge in [0, 0.05) is 6.04 Å². The molecule has 1 rings (SSSR count). The van der Waals surface area contributed by atoms with Crippen LogP contribution in [0.4, 0.5) is 0 Å². The molecule has 0 aromatic rings. The van der Waals surface area contributed by atoms with Gasteiger partial charge in [0.25, 0.3) is 0 Å². The Morgan fingerprint density at radius 2 is 2.11 bits per heavy atom. The van der Waals surface area contributed by atoms with Crippen molar-refractivity contribution < 1.29 is 6.21 Å². The van der Waals surface area contributed by atoms with Gasteiger partial charge in [0.05, 0.1) is 6.04 Å². The number of amides is 1. The maximum absolute atomic E-state index is 12.4. The van der Waals surface area contributed by atoms with Crippen molar-refractivity contribution in [3.05, 3.63) is 0 Å². The topological polar surface area (TPSA) is 55.1 Å². The lowest BCUT2D eigenvalue weighted by Gasteiger charge is -2.38. The van der Waals surface area contributed by atoms with Crippen LogP contribution in [-0.4, -0.2) is 18.0 Å². The number of rotatable bonds is 6. The van der Waals surface area contributed by atoms with E-state index in [1.165, 1.54) is 12.8 Å². The van der Waals surface area contributed by atoms with Crippen LogP contribution in [-0.2, 0) is 4.79 Å². The van der Waals surface area contributed by atoms with E-state index in [1.54, 1.807) is 0 Å². The molecule has 0 saturated heterocycles. The van der Waals surface area contributed by atoms with Crippen molar-refractivity contribution in [3.8, 4) is 0 Å². The molecule has 3 unspecified atom stereocenters. The summed E-state index contributed by atoms with van der Waals surface area (Å²) in [4.78, 5) is 12.4. The van der Waals surface area contributed by atoms with Crippen molar-refractivity contribution in [2.45, 2.75) is 72.4 Å². The van der Waals surface area contributed by atoms with Gasteiger partial charge in [-0.05, 0) is 36.5 Å². The number of nitrogens with one attached hydrogen (secondary N) is 1. The lowest BCUT2D eigenvalue weighted by molar-refractivity contribution is -0.125. The first kappa shape index (κ1) is 14.8. The Hall–Kier alpha value is -0.570. The highest BCUT2D eigenvalue weighted by Crippen LogP contribution is 2.33. The van der Waals surface area contributed by atoms with Gasteiger partial charge in [-0.3, -0.25) is 4.79 Å². The molecule has 0 bridgehead atoms. The molecule has 3 heteroatoms. The third-order valence-electron chi connectivity index (χ3n) is 4.85. The SMILES string of the molecule is [2H]N[C@H](C(=O)NC1CC(C)CCC1C(C)C)[C@@H](C)CC. The van der Waals surface area contributed by atoms with Crippen molar-refractivity contribution in [1.82, 2.24) is 5.32 Å². The summed E-state index contributed by atoms with van der Waals surface area (Å²) in [7, 11) is 0. The summed E-state index contributed by atoms with van der Waals surface area (Å²) in [5, 5.41) is 3.23. The van der Waals surface area contributed by atoms with E-state index in [9.17, 15) is 4.79 Å². The zero-order valence-corrected chi connectivity index (χ0v) is 13.2. The Morgan fingerprint density at radius 3 is 2.63 bits per heavy atom. The van der Waals surface area contributed by atoms with Gasteiger partial charge in [0.15, 0.2) is 0 Å². The Bertz CT molecular complexity index is 309. The van der Waals surface area contributed by atoms with Gasteiger partial charge in [-0.15, -0.1) is 0 Å².